The molecule has 0 atom stereocenters. The zero-order chi connectivity index (χ0) is 12.4. The number of hydrogen-bond acceptors (Lipinski definition) is 3. The Kier molecular flexibility index (Phi) is 3.05. The third-order valence-electron chi connectivity index (χ3n) is 3.03. The highest BCUT2D eigenvalue weighted by atomic mass is 16.5. The molecule has 2 aromatic carbocycles. The first-order valence-corrected chi connectivity index (χ1v) is 5.92. The molecular weight excluding hydrogens is 227 g/mol. The summed E-state index contributed by atoms with van der Waals surface area (Å²) in [5, 5.41) is 9.52. The monoisotopic (exact) mass is 240 g/mol. The van der Waals surface area contributed by atoms with Crippen molar-refractivity contribution in [3.8, 4) is 5.75 Å². The minimum atomic E-state index is -0.789. The van der Waals surface area contributed by atoms with E-state index < -0.39 is 7.12 Å². The molecular formula is C14H13BO3. The maximum absolute atomic E-state index is 9.52. The molecule has 0 bridgehead atoms. The summed E-state index contributed by atoms with van der Waals surface area (Å²) >= 11 is 0. The van der Waals surface area contributed by atoms with Crippen LogP contribution in [-0.2, 0) is 17.9 Å². The lowest BCUT2D eigenvalue weighted by Crippen LogP contribution is -2.27. The largest absolute Gasteiger partial charge is 0.491 e. The van der Waals surface area contributed by atoms with Gasteiger partial charge in [-0.05, 0) is 28.7 Å². The predicted octanol–water partition coefficient (Wildman–Crippen LogP) is 1.48. The van der Waals surface area contributed by atoms with E-state index in [0.29, 0.717) is 13.2 Å². The lowest BCUT2D eigenvalue weighted by Gasteiger charge is -2.07. The van der Waals surface area contributed by atoms with Gasteiger partial charge in [0.25, 0.3) is 0 Å². The molecule has 0 unspecified atom stereocenters. The zero-order valence-corrected chi connectivity index (χ0v) is 9.87. The second kappa shape index (κ2) is 4.84. The van der Waals surface area contributed by atoms with Crippen LogP contribution in [0.4, 0.5) is 0 Å². The Morgan fingerprint density at radius 3 is 2.83 bits per heavy atom. The summed E-state index contributed by atoms with van der Waals surface area (Å²) in [4.78, 5) is 0. The van der Waals surface area contributed by atoms with Gasteiger partial charge in [0, 0.05) is 0 Å². The van der Waals surface area contributed by atoms with Crippen LogP contribution < -0.4 is 10.2 Å². The van der Waals surface area contributed by atoms with Gasteiger partial charge in [-0.15, -0.1) is 0 Å². The van der Waals surface area contributed by atoms with Crippen molar-refractivity contribution in [3.63, 3.8) is 0 Å². The van der Waals surface area contributed by atoms with Crippen LogP contribution in [0.1, 0.15) is 11.1 Å². The van der Waals surface area contributed by atoms with Crippen molar-refractivity contribution >= 4 is 12.6 Å². The maximum Gasteiger partial charge on any atom is 0.491 e. The summed E-state index contributed by atoms with van der Waals surface area (Å²) in [7, 11) is -0.789. The Morgan fingerprint density at radius 2 is 2.00 bits per heavy atom. The fourth-order valence-corrected chi connectivity index (χ4v) is 2.04. The van der Waals surface area contributed by atoms with Gasteiger partial charge in [0.05, 0.1) is 6.61 Å². The lowest BCUT2D eigenvalue weighted by atomic mass is 9.80. The van der Waals surface area contributed by atoms with E-state index in [1.54, 1.807) is 0 Å². The molecule has 0 saturated heterocycles. The van der Waals surface area contributed by atoms with Crippen molar-refractivity contribution in [1.82, 2.24) is 0 Å². The van der Waals surface area contributed by atoms with Gasteiger partial charge in [-0.25, -0.2) is 0 Å². The Labute approximate surface area is 106 Å². The van der Waals surface area contributed by atoms with Crippen LogP contribution >= 0.6 is 0 Å². The second-order valence-corrected chi connectivity index (χ2v) is 4.30. The highest BCUT2D eigenvalue weighted by molar-refractivity contribution is 6.61. The van der Waals surface area contributed by atoms with E-state index in [2.05, 4.69) is 0 Å². The van der Waals surface area contributed by atoms with Gasteiger partial charge >= 0.3 is 7.12 Å². The third-order valence-corrected chi connectivity index (χ3v) is 3.03. The van der Waals surface area contributed by atoms with Gasteiger partial charge in [-0.2, -0.15) is 0 Å². The molecule has 1 aliphatic heterocycles. The third kappa shape index (κ3) is 2.25. The molecule has 18 heavy (non-hydrogen) atoms. The van der Waals surface area contributed by atoms with Crippen molar-refractivity contribution < 1.29 is 14.4 Å². The van der Waals surface area contributed by atoms with Gasteiger partial charge in [0.2, 0.25) is 0 Å². The van der Waals surface area contributed by atoms with Crippen LogP contribution in [0.2, 0.25) is 0 Å². The number of rotatable bonds is 3. The summed E-state index contributed by atoms with van der Waals surface area (Å²) < 4.78 is 10.9. The van der Waals surface area contributed by atoms with Gasteiger partial charge in [-0.1, -0.05) is 36.4 Å². The minimum Gasteiger partial charge on any atom is -0.489 e. The minimum absolute atomic E-state index is 0.443. The van der Waals surface area contributed by atoms with Gasteiger partial charge in [0.15, 0.2) is 0 Å². The molecule has 2 aromatic rings. The predicted molar refractivity (Wildman–Crippen MR) is 69.6 cm³/mol. The molecule has 0 aliphatic carbocycles. The number of fused-ring (bicyclic) bond motifs is 1. The summed E-state index contributed by atoms with van der Waals surface area (Å²) in [5.74, 6) is 0.801. The summed E-state index contributed by atoms with van der Waals surface area (Å²) in [6, 6.07) is 15.7. The Balaban J connectivity index is 1.71. The normalized spacial score (nSPS) is 13.5. The fourth-order valence-electron chi connectivity index (χ4n) is 2.04. The molecule has 1 N–H and O–H groups in total. The van der Waals surface area contributed by atoms with Crippen LogP contribution in [0.5, 0.6) is 5.75 Å². The first-order chi connectivity index (χ1) is 8.83. The molecule has 0 spiro atoms. The van der Waals surface area contributed by atoms with Crippen molar-refractivity contribution in [2.24, 2.45) is 0 Å². The highest BCUT2D eigenvalue weighted by Gasteiger charge is 2.27. The van der Waals surface area contributed by atoms with Crippen LogP contribution in [-0.4, -0.2) is 12.1 Å². The second-order valence-electron chi connectivity index (χ2n) is 4.30. The van der Waals surface area contributed by atoms with Crippen LogP contribution in [0.15, 0.2) is 48.5 Å². The molecule has 0 fully saturated rings. The zero-order valence-electron chi connectivity index (χ0n) is 9.87. The van der Waals surface area contributed by atoms with E-state index in [4.69, 9.17) is 9.39 Å². The molecule has 0 saturated carbocycles. The molecule has 1 heterocycles. The van der Waals surface area contributed by atoms with E-state index in [1.807, 2.05) is 48.5 Å². The Bertz CT molecular complexity index is 542. The van der Waals surface area contributed by atoms with Crippen LogP contribution in [0, 0.1) is 0 Å². The highest BCUT2D eigenvalue weighted by Crippen LogP contribution is 2.18. The van der Waals surface area contributed by atoms with Crippen molar-refractivity contribution in [2.75, 3.05) is 0 Å². The number of ether oxygens (including phenoxy) is 1. The summed E-state index contributed by atoms with van der Waals surface area (Å²) in [5.41, 5.74) is 2.96. The molecule has 0 amide bonds. The maximum atomic E-state index is 9.52. The fraction of sp³-hybridized carbons (Fsp3) is 0.143. The smallest absolute Gasteiger partial charge is 0.489 e. The SMILES string of the molecule is OB1OCc2cc(OCc3ccccc3)ccc21. The van der Waals surface area contributed by atoms with Gasteiger partial charge in [0.1, 0.15) is 12.4 Å². The average Bonchev–Trinajstić information content (AvgIpc) is 2.79. The average molecular weight is 240 g/mol. The molecule has 4 heteroatoms. The molecule has 0 aromatic heterocycles. The molecule has 1 aliphatic rings. The van der Waals surface area contributed by atoms with E-state index in [1.165, 1.54) is 0 Å². The summed E-state index contributed by atoms with van der Waals surface area (Å²) in [6.07, 6.45) is 0. The van der Waals surface area contributed by atoms with Crippen LogP contribution in [0.25, 0.3) is 0 Å². The summed E-state index contributed by atoms with van der Waals surface area (Å²) in [6.45, 7) is 0.988. The first kappa shape index (κ1) is 11.3. The lowest BCUT2D eigenvalue weighted by molar-refractivity contribution is 0.274. The van der Waals surface area contributed by atoms with E-state index >= 15 is 0 Å². The van der Waals surface area contributed by atoms with Crippen molar-refractivity contribution in [3.05, 3.63) is 59.7 Å². The quantitative estimate of drug-likeness (QED) is 0.826. The first-order valence-electron chi connectivity index (χ1n) is 5.92. The Hall–Kier alpha value is -1.78. The van der Waals surface area contributed by atoms with Crippen molar-refractivity contribution in [2.45, 2.75) is 13.2 Å². The Morgan fingerprint density at radius 1 is 1.17 bits per heavy atom. The van der Waals surface area contributed by atoms with Gasteiger partial charge in [-0.3, -0.25) is 0 Å². The van der Waals surface area contributed by atoms with E-state index in [-0.39, 0.29) is 0 Å². The van der Waals surface area contributed by atoms with Gasteiger partial charge < -0.3 is 14.4 Å². The van der Waals surface area contributed by atoms with E-state index in [0.717, 1.165) is 22.3 Å². The molecule has 3 nitrogen and oxygen atoms in total. The van der Waals surface area contributed by atoms with E-state index in [9.17, 15) is 5.02 Å². The van der Waals surface area contributed by atoms with Crippen LogP contribution in [0.3, 0.4) is 0 Å². The molecule has 90 valence electrons. The number of benzene rings is 2. The standard InChI is InChI=1S/C14H13BO3/c16-15-14-7-6-13(8-12(14)10-18-15)17-9-11-4-2-1-3-5-11/h1-8,16H,9-10H2. The topological polar surface area (TPSA) is 38.7 Å². The van der Waals surface area contributed by atoms with Crippen molar-refractivity contribution in [1.29, 1.82) is 0 Å². The molecule has 0 radical (unpaired) electrons. The number of hydrogen-bond donors (Lipinski definition) is 1. The molecule has 3 rings (SSSR count).